The highest BCUT2D eigenvalue weighted by Gasteiger charge is 2.20. The summed E-state index contributed by atoms with van der Waals surface area (Å²) in [6, 6.07) is 74.4. The number of aromatic nitrogens is 2. The van der Waals surface area contributed by atoms with Crippen LogP contribution in [0.15, 0.2) is 217 Å². The third-order valence-electron chi connectivity index (χ3n) is 11.0. The first-order valence-electron chi connectivity index (χ1n) is 19.6. The number of anilines is 3. The molecule has 0 aliphatic heterocycles. The van der Waals surface area contributed by atoms with Gasteiger partial charge in [0, 0.05) is 49.9 Å². The van der Waals surface area contributed by atoms with E-state index in [0.29, 0.717) is 5.82 Å². The van der Waals surface area contributed by atoms with E-state index in [1.165, 1.54) is 16.5 Å². The van der Waals surface area contributed by atoms with Crippen molar-refractivity contribution in [2.24, 2.45) is 0 Å². The summed E-state index contributed by atoms with van der Waals surface area (Å²) in [5.74, 6) is 0.670. The number of benzene rings is 9. The van der Waals surface area contributed by atoms with Crippen molar-refractivity contribution < 1.29 is 4.42 Å². The Morgan fingerprint density at radius 3 is 1.62 bits per heavy atom. The number of rotatable bonds is 7. The summed E-state index contributed by atoms with van der Waals surface area (Å²) < 4.78 is 6.70. The molecule has 0 spiro atoms. The standard InChI is InChI=1S/C54H35N3O/c1-4-14-36(15-5-1)37-24-28-44(29-25-37)57(43-20-8-3-9-21-43)45-30-26-39(27-31-45)54-55-50-23-13-12-22-46(50)52(56-54)42-33-47(38-16-6-2-7-17-38)53-49(34-42)48-32-40-18-10-11-19-41(40)35-51(48)58-53/h1-35H. The fourth-order valence-electron chi connectivity index (χ4n) is 8.18. The normalized spacial score (nSPS) is 11.4. The van der Waals surface area contributed by atoms with Crippen molar-refractivity contribution in [3.63, 3.8) is 0 Å². The SMILES string of the molecule is c1ccc(-c2ccc(N(c3ccccc3)c3ccc(-c4nc(-c5cc(-c6ccccc6)c6oc7cc8ccccc8cc7c6c5)c5ccccc5n4)cc3)cc2)cc1. The van der Waals surface area contributed by atoms with E-state index < -0.39 is 0 Å². The first-order chi connectivity index (χ1) is 28.7. The molecule has 0 fully saturated rings. The second-order valence-electron chi connectivity index (χ2n) is 14.6. The highest BCUT2D eigenvalue weighted by atomic mass is 16.3. The minimum Gasteiger partial charge on any atom is -0.455 e. The van der Waals surface area contributed by atoms with Gasteiger partial charge < -0.3 is 9.32 Å². The second-order valence-corrected chi connectivity index (χ2v) is 14.6. The molecule has 0 saturated carbocycles. The van der Waals surface area contributed by atoms with E-state index in [0.717, 1.165) is 83.2 Å². The molecule has 2 heterocycles. The van der Waals surface area contributed by atoms with Crippen molar-refractivity contribution in [1.82, 2.24) is 9.97 Å². The minimum absolute atomic E-state index is 0.670. The lowest BCUT2D eigenvalue weighted by Crippen LogP contribution is -2.09. The van der Waals surface area contributed by atoms with Crippen LogP contribution >= 0.6 is 0 Å². The number of para-hydroxylation sites is 2. The molecule has 0 aliphatic rings. The van der Waals surface area contributed by atoms with Crippen LogP contribution in [0.3, 0.4) is 0 Å². The molecule has 272 valence electrons. The molecule has 11 aromatic rings. The van der Waals surface area contributed by atoms with Gasteiger partial charge in [0.1, 0.15) is 11.2 Å². The molecule has 11 rings (SSSR count). The number of hydrogen-bond acceptors (Lipinski definition) is 4. The van der Waals surface area contributed by atoms with Gasteiger partial charge in [0.05, 0.1) is 11.2 Å². The van der Waals surface area contributed by atoms with Crippen molar-refractivity contribution in [2.75, 3.05) is 4.90 Å². The van der Waals surface area contributed by atoms with E-state index in [2.05, 4.69) is 199 Å². The maximum atomic E-state index is 6.70. The Balaban J connectivity index is 1.04. The molecule has 0 radical (unpaired) electrons. The molecule has 4 heteroatoms. The van der Waals surface area contributed by atoms with E-state index in [1.807, 2.05) is 18.2 Å². The van der Waals surface area contributed by atoms with Gasteiger partial charge in [0.15, 0.2) is 5.82 Å². The zero-order chi connectivity index (χ0) is 38.4. The summed E-state index contributed by atoms with van der Waals surface area (Å²) in [5, 5.41) is 5.47. The van der Waals surface area contributed by atoms with E-state index in [1.54, 1.807) is 0 Å². The molecule has 58 heavy (non-hydrogen) atoms. The van der Waals surface area contributed by atoms with E-state index >= 15 is 0 Å². The third kappa shape index (κ3) is 5.96. The zero-order valence-corrected chi connectivity index (χ0v) is 31.5. The molecular weight excluding hydrogens is 707 g/mol. The maximum absolute atomic E-state index is 6.70. The van der Waals surface area contributed by atoms with Crippen LogP contribution in [0.5, 0.6) is 0 Å². The van der Waals surface area contributed by atoms with Crippen LogP contribution in [0.4, 0.5) is 17.1 Å². The van der Waals surface area contributed by atoms with Crippen LogP contribution in [0.2, 0.25) is 0 Å². The monoisotopic (exact) mass is 741 g/mol. The van der Waals surface area contributed by atoms with Gasteiger partial charge in [-0.05, 0) is 106 Å². The van der Waals surface area contributed by atoms with Crippen LogP contribution in [-0.2, 0) is 0 Å². The highest BCUT2D eigenvalue weighted by Crippen LogP contribution is 2.42. The Morgan fingerprint density at radius 1 is 0.362 bits per heavy atom. The predicted molar refractivity (Wildman–Crippen MR) is 241 cm³/mol. The first-order valence-corrected chi connectivity index (χ1v) is 19.6. The summed E-state index contributed by atoms with van der Waals surface area (Å²) in [7, 11) is 0. The van der Waals surface area contributed by atoms with E-state index in [9.17, 15) is 0 Å². The van der Waals surface area contributed by atoms with E-state index in [-0.39, 0.29) is 0 Å². The Bertz CT molecular complexity index is 3250. The fourth-order valence-corrected chi connectivity index (χ4v) is 8.18. The van der Waals surface area contributed by atoms with Gasteiger partial charge in [0.2, 0.25) is 0 Å². The van der Waals surface area contributed by atoms with Crippen molar-refractivity contribution in [1.29, 1.82) is 0 Å². The van der Waals surface area contributed by atoms with Crippen LogP contribution in [-0.4, -0.2) is 9.97 Å². The van der Waals surface area contributed by atoms with Crippen molar-refractivity contribution in [3.8, 4) is 44.9 Å². The smallest absolute Gasteiger partial charge is 0.160 e. The molecule has 4 nitrogen and oxygen atoms in total. The number of furan rings is 1. The topological polar surface area (TPSA) is 42.2 Å². The van der Waals surface area contributed by atoms with Crippen LogP contribution < -0.4 is 4.90 Å². The lowest BCUT2D eigenvalue weighted by atomic mass is 9.96. The van der Waals surface area contributed by atoms with Crippen LogP contribution in [0, 0.1) is 0 Å². The number of hydrogen-bond donors (Lipinski definition) is 0. The van der Waals surface area contributed by atoms with Gasteiger partial charge >= 0.3 is 0 Å². The lowest BCUT2D eigenvalue weighted by molar-refractivity contribution is 0.670. The van der Waals surface area contributed by atoms with Crippen molar-refractivity contribution >= 4 is 60.7 Å². The average Bonchev–Trinajstić information content (AvgIpc) is 3.66. The second kappa shape index (κ2) is 14.0. The van der Waals surface area contributed by atoms with Crippen LogP contribution in [0.1, 0.15) is 0 Å². The summed E-state index contributed by atoms with van der Waals surface area (Å²) in [6.07, 6.45) is 0. The first kappa shape index (κ1) is 33.5. The summed E-state index contributed by atoms with van der Waals surface area (Å²) in [4.78, 5) is 12.8. The molecule has 0 N–H and O–H groups in total. The molecule has 2 aromatic heterocycles. The van der Waals surface area contributed by atoms with Gasteiger partial charge in [-0.3, -0.25) is 0 Å². The Hall–Kier alpha value is -7.82. The van der Waals surface area contributed by atoms with Gasteiger partial charge in [0.25, 0.3) is 0 Å². The fraction of sp³-hybridized carbons (Fsp3) is 0. The molecular formula is C54H35N3O. The largest absolute Gasteiger partial charge is 0.455 e. The van der Waals surface area contributed by atoms with Crippen molar-refractivity contribution in [3.05, 3.63) is 212 Å². The lowest BCUT2D eigenvalue weighted by Gasteiger charge is -2.26. The molecule has 0 unspecified atom stereocenters. The number of nitrogens with zero attached hydrogens (tertiary/aromatic N) is 3. The van der Waals surface area contributed by atoms with Crippen LogP contribution in [0.25, 0.3) is 88.5 Å². The molecule has 0 aliphatic carbocycles. The predicted octanol–water partition coefficient (Wildman–Crippen LogP) is 14.8. The molecule has 0 saturated heterocycles. The Labute approximate surface area is 335 Å². The van der Waals surface area contributed by atoms with Gasteiger partial charge in [-0.15, -0.1) is 0 Å². The highest BCUT2D eigenvalue weighted by molar-refractivity contribution is 6.15. The summed E-state index contributed by atoms with van der Waals surface area (Å²) >= 11 is 0. The summed E-state index contributed by atoms with van der Waals surface area (Å²) in [5.41, 5.74) is 13.1. The Kier molecular flexibility index (Phi) is 8.11. The number of fused-ring (bicyclic) bond motifs is 5. The van der Waals surface area contributed by atoms with Gasteiger partial charge in [-0.1, -0.05) is 133 Å². The van der Waals surface area contributed by atoms with Crippen molar-refractivity contribution in [2.45, 2.75) is 0 Å². The maximum Gasteiger partial charge on any atom is 0.160 e. The van der Waals surface area contributed by atoms with Gasteiger partial charge in [-0.2, -0.15) is 0 Å². The molecule has 0 bridgehead atoms. The minimum atomic E-state index is 0.670. The average molecular weight is 742 g/mol. The Morgan fingerprint density at radius 2 is 0.914 bits per heavy atom. The third-order valence-corrected chi connectivity index (χ3v) is 11.0. The molecule has 0 amide bonds. The summed E-state index contributed by atoms with van der Waals surface area (Å²) in [6.45, 7) is 0. The molecule has 9 aromatic carbocycles. The zero-order valence-electron chi connectivity index (χ0n) is 31.5. The quantitative estimate of drug-likeness (QED) is 0.163. The molecule has 0 atom stereocenters. The van der Waals surface area contributed by atoms with E-state index in [4.69, 9.17) is 14.4 Å². The van der Waals surface area contributed by atoms with Gasteiger partial charge in [-0.25, -0.2) is 9.97 Å².